The SMILES string of the molecule is O=C(CN1CCc2ccc(F)cc21)c1ccc(Br)cc1. The van der Waals surface area contributed by atoms with Crippen LogP contribution in [-0.2, 0) is 6.42 Å². The number of hydrogen-bond donors (Lipinski definition) is 0. The fourth-order valence-corrected chi connectivity index (χ4v) is 2.75. The molecule has 0 aromatic heterocycles. The lowest BCUT2D eigenvalue weighted by Gasteiger charge is -2.18. The summed E-state index contributed by atoms with van der Waals surface area (Å²) in [5.74, 6) is -0.207. The number of carbonyl (C=O) groups excluding carboxylic acids is 1. The minimum absolute atomic E-state index is 0.0506. The van der Waals surface area contributed by atoms with Crippen LogP contribution in [0.2, 0.25) is 0 Å². The average Bonchev–Trinajstić information content (AvgIpc) is 2.82. The van der Waals surface area contributed by atoms with Gasteiger partial charge in [-0.25, -0.2) is 4.39 Å². The van der Waals surface area contributed by atoms with Crippen LogP contribution in [0.4, 0.5) is 10.1 Å². The Labute approximate surface area is 125 Å². The first-order valence-electron chi connectivity index (χ1n) is 6.45. The molecule has 0 saturated heterocycles. The van der Waals surface area contributed by atoms with E-state index < -0.39 is 0 Å². The van der Waals surface area contributed by atoms with Crippen molar-refractivity contribution in [2.24, 2.45) is 0 Å². The number of ketones is 1. The second-order valence-corrected chi connectivity index (χ2v) is 5.79. The molecule has 0 radical (unpaired) electrons. The number of carbonyl (C=O) groups is 1. The van der Waals surface area contributed by atoms with Crippen molar-refractivity contribution in [3.05, 3.63) is 63.9 Å². The third kappa shape index (κ3) is 2.61. The van der Waals surface area contributed by atoms with Gasteiger partial charge in [-0.3, -0.25) is 4.79 Å². The number of rotatable bonds is 3. The highest BCUT2D eigenvalue weighted by atomic mass is 79.9. The predicted molar refractivity (Wildman–Crippen MR) is 80.8 cm³/mol. The molecule has 0 amide bonds. The summed E-state index contributed by atoms with van der Waals surface area (Å²) in [4.78, 5) is 14.2. The molecule has 0 bridgehead atoms. The molecule has 102 valence electrons. The van der Waals surface area contributed by atoms with Crippen LogP contribution in [0.3, 0.4) is 0 Å². The second-order valence-electron chi connectivity index (χ2n) is 4.87. The van der Waals surface area contributed by atoms with Crippen LogP contribution in [-0.4, -0.2) is 18.9 Å². The molecule has 0 atom stereocenters. The smallest absolute Gasteiger partial charge is 0.182 e. The molecule has 2 aromatic rings. The Morgan fingerprint density at radius 3 is 2.70 bits per heavy atom. The van der Waals surface area contributed by atoms with Gasteiger partial charge in [-0.1, -0.05) is 34.1 Å². The minimum atomic E-state index is -0.258. The van der Waals surface area contributed by atoms with Crippen LogP contribution in [0.25, 0.3) is 0 Å². The zero-order valence-electron chi connectivity index (χ0n) is 10.8. The number of anilines is 1. The first-order valence-corrected chi connectivity index (χ1v) is 7.25. The highest BCUT2D eigenvalue weighted by molar-refractivity contribution is 9.10. The van der Waals surface area contributed by atoms with Gasteiger partial charge >= 0.3 is 0 Å². The first-order chi connectivity index (χ1) is 9.63. The first kappa shape index (κ1) is 13.3. The van der Waals surface area contributed by atoms with Crippen LogP contribution in [0.5, 0.6) is 0 Å². The average molecular weight is 334 g/mol. The van der Waals surface area contributed by atoms with Crippen LogP contribution < -0.4 is 4.90 Å². The maximum Gasteiger partial charge on any atom is 0.182 e. The van der Waals surface area contributed by atoms with E-state index >= 15 is 0 Å². The van der Waals surface area contributed by atoms with Gasteiger partial charge in [0, 0.05) is 22.3 Å². The van der Waals surface area contributed by atoms with Gasteiger partial charge in [0.1, 0.15) is 5.82 Å². The molecule has 4 heteroatoms. The molecule has 0 N–H and O–H groups in total. The maximum absolute atomic E-state index is 13.3. The molecule has 1 aliphatic heterocycles. The lowest BCUT2D eigenvalue weighted by molar-refractivity contribution is 0.0999. The van der Waals surface area contributed by atoms with E-state index in [1.54, 1.807) is 18.2 Å². The molecule has 3 rings (SSSR count). The van der Waals surface area contributed by atoms with Crippen molar-refractivity contribution in [1.29, 1.82) is 0 Å². The summed E-state index contributed by atoms with van der Waals surface area (Å²) in [6, 6.07) is 12.1. The summed E-state index contributed by atoms with van der Waals surface area (Å²) < 4.78 is 14.3. The third-order valence-electron chi connectivity index (χ3n) is 3.54. The van der Waals surface area contributed by atoms with Gasteiger partial charge in [-0.15, -0.1) is 0 Å². The van der Waals surface area contributed by atoms with Gasteiger partial charge in [-0.2, -0.15) is 0 Å². The van der Waals surface area contributed by atoms with E-state index in [1.807, 2.05) is 17.0 Å². The summed E-state index contributed by atoms with van der Waals surface area (Å²) in [6.45, 7) is 1.05. The molecule has 1 aliphatic rings. The van der Waals surface area contributed by atoms with Gasteiger partial charge in [0.05, 0.1) is 6.54 Å². The van der Waals surface area contributed by atoms with E-state index in [-0.39, 0.29) is 18.1 Å². The molecular weight excluding hydrogens is 321 g/mol. The van der Waals surface area contributed by atoms with Crippen molar-refractivity contribution in [2.75, 3.05) is 18.0 Å². The highest BCUT2D eigenvalue weighted by Gasteiger charge is 2.22. The number of halogens is 2. The summed E-state index contributed by atoms with van der Waals surface area (Å²) in [5.41, 5.74) is 2.63. The predicted octanol–water partition coefficient (Wildman–Crippen LogP) is 3.83. The molecule has 0 spiro atoms. The molecule has 2 nitrogen and oxygen atoms in total. The summed E-state index contributed by atoms with van der Waals surface area (Å²) in [7, 11) is 0. The number of hydrogen-bond acceptors (Lipinski definition) is 2. The van der Waals surface area contributed by atoms with E-state index in [0.717, 1.165) is 28.7 Å². The number of fused-ring (bicyclic) bond motifs is 1. The van der Waals surface area contributed by atoms with Crippen LogP contribution in [0, 0.1) is 5.82 Å². The Morgan fingerprint density at radius 2 is 1.95 bits per heavy atom. The Morgan fingerprint density at radius 1 is 1.20 bits per heavy atom. The van der Waals surface area contributed by atoms with Crippen LogP contribution in [0.15, 0.2) is 46.9 Å². The lowest BCUT2D eigenvalue weighted by Crippen LogP contribution is -2.28. The van der Waals surface area contributed by atoms with E-state index in [0.29, 0.717) is 5.56 Å². The van der Waals surface area contributed by atoms with Gasteiger partial charge < -0.3 is 4.90 Å². The Kier molecular flexibility index (Phi) is 3.57. The normalized spacial score (nSPS) is 13.4. The van der Waals surface area contributed by atoms with Crippen LogP contribution >= 0.6 is 15.9 Å². The van der Waals surface area contributed by atoms with E-state index in [4.69, 9.17) is 0 Å². The highest BCUT2D eigenvalue weighted by Crippen LogP contribution is 2.28. The molecule has 2 aromatic carbocycles. The zero-order chi connectivity index (χ0) is 14.1. The van der Waals surface area contributed by atoms with Crippen molar-refractivity contribution >= 4 is 27.4 Å². The van der Waals surface area contributed by atoms with Crippen molar-refractivity contribution in [1.82, 2.24) is 0 Å². The van der Waals surface area contributed by atoms with Gasteiger partial charge in [0.15, 0.2) is 5.78 Å². The van der Waals surface area contributed by atoms with Gasteiger partial charge in [0.25, 0.3) is 0 Å². The third-order valence-corrected chi connectivity index (χ3v) is 4.07. The monoisotopic (exact) mass is 333 g/mol. The van der Waals surface area contributed by atoms with Crippen LogP contribution in [0.1, 0.15) is 15.9 Å². The number of benzene rings is 2. The molecule has 20 heavy (non-hydrogen) atoms. The fourth-order valence-electron chi connectivity index (χ4n) is 2.48. The van der Waals surface area contributed by atoms with E-state index in [2.05, 4.69) is 15.9 Å². The van der Waals surface area contributed by atoms with Crippen molar-refractivity contribution in [3.8, 4) is 0 Å². The molecular formula is C16H13BrFNO. The standard InChI is InChI=1S/C16H13BrFNO/c17-13-4-1-12(2-5-13)16(20)10-19-8-7-11-3-6-14(18)9-15(11)19/h1-6,9H,7-8,10H2. The number of Topliss-reactive ketones (excluding diaryl/α,β-unsaturated/α-hetero) is 1. The second kappa shape index (κ2) is 5.37. The largest absolute Gasteiger partial charge is 0.363 e. The Hall–Kier alpha value is -1.68. The van der Waals surface area contributed by atoms with E-state index in [1.165, 1.54) is 12.1 Å². The zero-order valence-corrected chi connectivity index (χ0v) is 12.4. The van der Waals surface area contributed by atoms with Gasteiger partial charge in [-0.05, 0) is 36.2 Å². The summed E-state index contributed by atoms with van der Waals surface area (Å²) in [5, 5.41) is 0. The fraction of sp³-hybridized carbons (Fsp3) is 0.188. The van der Waals surface area contributed by atoms with Gasteiger partial charge in [0.2, 0.25) is 0 Å². The topological polar surface area (TPSA) is 20.3 Å². The quantitative estimate of drug-likeness (QED) is 0.795. The Balaban J connectivity index is 1.78. The lowest BCUT2D eigenvalue weighted by atomic mass is 10.1. The molecule has 0 unspecified atom stereocenters. The van der Waals surface area contributed by atoms with Crippen molar-refractivity contribution in [2.45, 2.75) is 6.42 Å². The summed E-state index contributed by atoms with van der Waals surface area (Å²) in [6.07, 6.45) is 0.864. The van der Waals surface area contributed by atoms with Crippen molar-refractivity contribution in [3.63, 3.8) is 0 Å². The maximum atomic E-state index is 13.3. The Bertz CT molecular complexity index is 654. The van der Waals surface area contributed by atoms with E-state index in [9.17, 15) is 9.18 Å². The summed E-state index contributed by atoms with van der Waals surface area (Å²) >= 11 is 3.35. The molecule has 0 saturated carbocycles. The molecule has 0 fully saturated rings. The molecule has 0 aliphatic carbocycles. The number of nitrogens with zero attached hydrogens (tertiary/aromatic N) is 1. The minimum Gasteiger partial charge on any atom is -0.363 e. The molecule has 1 heterocycles. The van der Waals surface area contributed by atoms with Crippen molar-refractivity contribution < 1.29 is 9.18 Å².